The van der Waals surface area contributed by atoms with E-state index in [2.05, 4.69) is 18.3 Å². The van der Waals surface area contributed by atoms with Crippen LogP contribution < -0.4 is 5.32 Å². The maximum Gasteiger partial charge on any atom is 0.337 e. The summed E-state index contributed by atoms with van der Waals surface area (Å²) in [6.45, 7) is 4.46. The number of carbonyl (C=O) groups is 1. The molecule has 1 N–H and O–H groups in total. The van der Waals surface area contributed by atoms with E-state index < -0.39 is 0 Å². The standard InChI is InChI=1S/C17H25NO2/c1-3-6-16(15-9-5-10-18-12-15)13-7-4-8-14(11-13)17(19)20-2/h4,7-8,11,15-16,18H,3,5-6,9-10,12H2,1-2H3. The van der Waals surface area contributed by atoms with Crippen LogP contribution in [0.15, 0.2) is 24.3 Å². The normalized spacial score (nSPS) is 20.4. The van der Waals surface area contributed by atoms with E-state index in [4.69, 9.17) is 4.74 Å². The summed E-state index contributed by atoms with van der Waals surface area (Å²) in [5.41, 5.74) is 1.94. The molecule has 0 saturated carbocycles. The van der Waals surface area contributed by atoms with Gasteiger partial charge in [0.05, 0.1) is 12.7 Å². The van der Waals surface area contributed by atoms with Gasteiger partial charge in [0, 0.05) is 0 Å². The molecule has 1 heterocycles. The third kappa shape index (κ3) is 3.60. The van der Waals surface area contributed by atoms with Gasteiger partial charge in [-0.2, -0.15) is 0 Å². The van der Waals surface area contributed by atoms with Crippen LogP contribution in [0.5, 0.6) is 0 Å². The van der Waals surface area contributed by atoms with E-state index in [1.807, 2.05) is 18.2 Å². The molecule has 0 spiro atoms. The van der Waals surface area contributed by atoms with Crippen molar-refractivity contribution in [3.05, 3.63) is 35.4 Å². The van der Waals surface area contributed by atoms with Gasteiger partial charge in [0.1, 0.15) is 0 Å². The monoisotopic (exact) mass is 275 g/mol. The summed E-state index contributed by atoms with van der Waals surface area (Å²) in [6.07, 6.45) is 4.88. The zero-order chi connectivity index (χ0) is 14.4. The Bertz CT molecular complexity index is 438. The van der Waals surface area contributed by atoms with E-state index in [9.17, 15) is 4.79 Å². The third-order valence-corrected chi connectivity index (χ3v) is 4.24. The van der Waals surface area contributed by atoms with Crippen molar-refractivity contribution in [3.8, 4) is 0 Å². The zero-order valence-electron chi connectivity index (χ0n) is 12.5. The van der Waals surface area contributed by atoms with Crippen LogP contribution in [0.1, 0.15) is 54.4 Å². The fourth-order valence-corrected chi connectivity index (χ4v) is 3.22. The van der Waals surface area contributed by atoms with E-state index in [0.717, 1.165) is 13.1 Å². The molecule has 2 atom stereocenters. The van der Waals surface area contributed by atoms with Crippen LogP contribution in [0, 0.1) is 5.92 Å². The lowest BCUT2D eigenvalue weighted by atomic mass is 9.79. The van der Waals surface area contributed by atoms with Crippen LogP contribution in [-0.4, -0.2) is 26.2 Å². The number of rotatable bonds is 5. The molecule has 1 fully saturated rings. The summed E-state index contributed by atoms with van der Waals surface area (Å²) in [5, 5.41) is 3.50. The molecule has 0 amide bonds. The molecule has 1 aliphatic heterocycles. The maximum atomic E-state index is 11.7. The second-order valence-corrected chi connectivity index (χ2v) is 5.62. The molecule has 3 nitrogen and oxygen atoms in total. The average molecular weight is 275 g/mol. The molecule has 0 aromatic heterocycles. The fourth-order valence-electron chi connectivity index (χ4n) is 3.22. The first kappa shape index (κ1) is 15.0. The largest absolute Gasteiger partial charge is 0.465 e. The predicted molar refractivity (Wildman–Crippen MR) is 81.0 cm³/mol. The van der Waals surface area contributed by atoms with Gasteiger partial charge in [-0.15, -0.1) is 0 Å². The van der Waals surface area contributed by atoms with Gasteiger partial charge in [-0.05, 0) is 61.9 Å². The molecule has 3 heteroatoms. The molecule has 1 aromatic rings. The van der Waals surface area contributed by atoms with Crippen LogP contribution in [0.4, 0.5) is 0 Å². The quantitative estimate of drug-likeness (QED) is 0.837. The number of esters is 1. The highest BCUT2D eigenvalue weighted by Gasteiger charge is 2.24. The highest BCUT2D eigenvalue weighted by atomic mass is 16.5. The fraction of sp³-hybridized carbons (Fsp3) is 0.588. The minimum atomic E-state index is -0.246. The van der Waals surface area contributed by atoms with Crippen molar-refractivity contribution < 1.29 is 9.53 Å². The molecule has 20 heavy (non-hydrogen) atoms. The lowest BCUT2D eigenvalue weighted by Gasteiger charge is -2.31. The van der Waals surface area contributed by atoms with Crippen LogP contribution in [0.3, 0.4) is 0 Å². The molecule has 0 aliphatic carbocycles. The predicted octanol–water partition coefficient (Wildman–Crippen LogP) is 3.36. The summed E-state index contributed by atoms with van der Waals surface area (Å²) < 4.78 is 4.83. The number of hydrogen-bond acceptors (Lipinski definition) is 3. The molecule has 1 saturated heterocycles. The Hall–Kier alpha value is -1.35. The second-order valence-electron chi connectivity index (χ2n) is 5.62. The number of ether oxygens (including phenoxy) is 1. The second kappa shape index (κ2) is 7.44. The summed E-state index contributed by atoms with van der Waals surface area (Å²) in [7, 11) is 1.43. The molecular formula is C17H25NO2. The van der Waals surface area contributed by atoms with E-state index in [0.29, 0.717) is 17.4 Å². The van der Waals surface area contributed by atoms with E-state index in [1.165, 1.54) is 38.4 Å². The Morgan fingerprint density at radius 1 is 1.50 bits per heavy atom. The van der Waals surface area contributed by atoms with Crippen molar-refractivity contribution in [1.29, 1.82) is 0 Å². The Morgan fingerprint density at radius 3 is 3.00 bits per heavy atom. The van der Waals surface area contributed by atoms with E-state index >= 15 is 0 Å². The molecule has 1 aromatic carbocycles. The van der Waals surface area contributed by atoms with Crippen molar-refractivity contribution in [3.63, 3.8) is 0 Å². The number of carbonyl (C=O) groups excluding carboxylic acids is 1. The zero-order valence-corrected chi connectivity index (χ0v) is 12.5. The Labute approximate surface area is 121 Å². The van der Waals surface area contributed by atoms with Crippen LogP contribution in [0.25, 0.3) is 0 Å². The minimum Gasteiger partial charge on any atom is -0.465 e. The van der Waals surface area contributed by atoms with E-state index in [-0.39, 0.29) is 5.97 Å². The molecule has 110 valence electrons. The first-order valence-corrected chi connectivity index (χ1v) is 7.65. The number of benzene rings is 1. The first-order valence-electron chi connectivity index (χ1n) is 7.65. The van der Waals surface area contributed by atoms with Gasteiger partial charge < -0.3 is 10.1 Å². The molecule has 0 radical (unpaired) electrons. The van der Waals surface area contributed by atoms with Gasteiger partial charge in [-0.3, -0.25) is 0 Å². The Kier molecular flexibility index (Phi) is 5.60. The van der Waals surface area contributed by atoms with Crippen LogP contribution in [-0.2, 0) is 4.74 Å². The number of nitrogens with one attached hydrogen (secondary N) is 1. The van der Waals surface area contributed by atoms with Gasteiger partial charge in [-0.25, -0.2) is 4.79 Å². The lowest BCUT2D eigenvalue weighted by Crippen LogP contribution is -2.33. The van der Waals surface area contributed by atoms with Crippen molar-refractivity contribution >= 4 is 5.97 Å². The smallest absolute Gasteiger partial charge is 0.337 e. The molecule has 0 bridgehead atoms. The van der Waals surface area contributed by atoms with Crippen molar-refractivity contribution in [2.45, 2.75) is 38.5 Å². The van der Waals surface area contributed by atoms with Crippen molar-refractivity contribution in [2.24, 2.45) is 5.92 Å². The van der Waals surface area contributed by atoms with E-state index in [1.54, 1.807) is 0 Å². The van der Waals surface area contributed by atoms with Crippen LogP contribution in [0.2, 0.25) is 0 Å². The van der Waals surface area contributed by atoms with Crippen molar-refractivity contribution in [2.75, 3.05) is 20.2 Å². The number of hydrogen-bond donors (Lipinski definition) is 1. The minimum absolute atomic E-state index is 0.246. The Balaban J connectivity index is 2.21. The SMILES string of the molecule is CCCC(c1cccc(C(=O)OC)c1)C1CCCNC1. The maximum absolute atomic E-state index is 11.7. The highest BCUT2D eigenvalue weighted by Crippen LogP contribution is 2.33. The summed E-state index contributed by atoms with van der Waals surface area (Å²) in [4.78, 5) is 11.7. The summed E-state index contributed by atoms with van der Waals surface area (Å²) in [6, 6.07) is 7.97. The lowest BCUT2D eigenvalue weighted by molar-refractivity contribution is 0.0600. The average Bonchev–Trinajstić information content (AvgIpc) is 2.52. The van der Waals surface area contributed by atoms with Gasteiger partial charge in [-0.1, -0.05) is 25.5 Å². The van der Waals surface area contributed by atoms with Crippen LogP contribution >= 0.6 is 0 Å². The number of piperidine rings is 1. The Morgan fingerprint density at radius 2 is 2.35 bits per heavy atom. The molecular weight excluding hydrogens is 250 g/mol. The van der Waals surface area contributed by atoms with Gasteiger partial charge in [0.2, 0.25) is 0 Å². The third-order valence-electron chi connectivity index (χ3n) is 4.24. The molecule has 1 aliphatic rings. The van der Waals surface area contributed by atoms with Gasteiger partial charge in [0.25, 0.3) is 0 Å². The topological polar surface area (TPSA) is 38.3 Å². The molecule has 2 rings (SSSR count). The molecule has 2 unspecified atom stereocenters. The number of methoxy groups -OCH3 is 1. The summed E-state index contributed by atoms with van der Waals surface area (Å²) in [5.74, 6) is 0.970. The summed E-state index contributed by atoms with van der Waals surface area (Å²) >= 11 is 0. The van der Waals surface area contributed by atoms with Gasteiger partial charge >= 0.3 is 5.97 Å². The first-order chi connectivity index (χ1) is 9.76. The van der Waals surface area contributed by atoms with Gasteiger partial charge in [0.15, 0.2) is 0 Å². The highest BCUT2D eigenvalue weighted by molar-refractivity contribution is 5.89. The van der Waals surface area contributed by atoms with Crippen molar-refractivity contribution in [1.82, 2.24) is 5.32 Å².